The van der Waals surface area contributed by atoms with Crippen molar-refractivity contribution in [2.75, 3.05) is 23.9 Å². The summed E-state index contributed by atoms with van der Waals surface area (Å²) in [5, 5.41) is 6.26. The predicted octanol–water partition coefficient (Wildman–Crippen LogP) is 3.93. The summed E-state index contributed by atoms with van der Waals surface area (Å²) in [6.07, 6.45) is 0.530. The number of carbonyl (C=O) groups excluding carboxylic acids is 3. The number of nitrogens with one attached hydrogen (secondary N) is 2. The number of ether oxygens (including phenoxy) is 1. The number of methoxy groups -OCH3 is 1. The Morgan fingerprint density at radius 2 is 1.94 bits per heavy atom. The summed E-state index contributed by atoms with van der Waals surface area (Å²) in [5.74, 6) is -0.331. The number of halogens is 1. The third kappa shape index (κ3) is 5.35. The topological polar surface area (TPSA) is 87.7 Å². The largest absolute Gasteiger partial charge is 0.495 e. The molecule has 1 aliphatic heterocycles. The first-order valence-corrected chi connectivity index (χ1v) is 10.5. The Hall–Kier alpha value is -3.06. The molecule has 0 radical (unpaired) electrons. The van der Waals surface area contributed by atoms with Gasteiger partial charge in [0.2, 0.25) is 17.7 Å². The lowest BCUT2D eigenvalue weighted by molar-refractivity contribution is -0.126. The number of benzene rings is 2. The van der Waals surface area contributed by atoms with Gasteiger partial charge < -0.3 is 20.3 Å². The molecule has 2 atom stereocenters. The standard InChI is InChI=1S/C23H26ClN3O4/c1-4-21(28)26-18-8-5-15(6-9-18)14(2)25-23(30)16-11-22(29)27(13-16)19-12-17(24)7-10-20(19)31-3/h5-10,12,14,16H,4,11,13H2,1-3H3,(H,25,30)(H,26,28). The fourth-order valence-electron chi connectivity index (χ4n) is 3.51. The van der Waals surface area contributed by atoms with Crippen LogP contribution in [0.25, 0.3) is 0 Å². The van der Waals surface area contributed by atoms with Crippen molar-refractivity contribution < 1.29 is 19.1 Å². The zero-order chi connectivity index (χ0) is 22.5. The van der Waals surface area contributed by atoms with Crippen LogP contribution in [-0.4, -0.2) is 31.4 Å². The first-order valence-electron chi connectivity index (χ1n) is 10.2. The van der Waals surface area contributed by atoms with Crippen molar-refractivity contribution >= 4 is 40.7 Å². The van der Waals surface area contributed by atoms with E-state index in [0.29, 0.717) is 28.6 Å². The third-order valence-corrected chi connectivity index (χ3v) is 5.54. The Morgan fingerprint density at radius 3 is 2.58 bits per heavy atom. The number of rotatable bonds is 7. The predicted molar refractivity (Wildman–Crippen MR) is 120 cm³/mol. The van der Waals surface area contributed by atoms with Gasteiger partial charge >= 0.3 is 0 Å². The number of amides is 3. The second-order valence-corrected chi connectivity index (χ2v) is 7.91. The maximum atomic E-state index is 12.8. The molecule has 3 amide bonds. The van der Waals surface area contributed by atoms with Crippen LogP contribution < -0.4 is 20.3 Å². The van der Waals surface area contributed by atoms with E-state index in [9.17, 15) is 14.4 Å². The van der Waals surface area contributed by atoms with Crippen molar-refractivity contribution in [1.29, 1.82) is 0 Å². The van der Waals surface area contributed by atoms with Gasteiger partial charge in [-0.2, -0.15) is 0 Å². The number of carbonyl (C=O) groups is 3. The maximum absolute atomic E-state index is 12.8. The van der Waals surface area contributed by atoms with Gasteiger partial charge in [-0.3, -0.25) is 14.4 Å². The van der Waals surface area contributed by atoms with E-state index in [2.05, 4.69) is 10.6 Å². The van der Waals surface area contributed by atoms with Crippen LogP contribution in [0.5, 0.6) is 5.75 Å². The summed E-state index contributed by atoms with van der Waals surface area (Å²) in [7, 11) is 1.53. The van der Waals surface area contributed by atoms with Gasteiger partial charge in [0, 0.05) is 30.1 Å². The summed E-state index contributed by atoms with van der Waals surface area (Å²) < 4.78 is 5.34. The average Bonchev–Trinajstić information content (AvgIpc) is 3.15. The fraction of sp³-hybridized carbons (Fsp3) is 0.348. The van der Waals surface area contributed by atoms with E-state index in [1.807, 2.05) is 19.1 Å². The van der Waals surface area contributed by atoms with Gasteiger partial charge in [-0.1, -0.05) is 30.7 Å². The van der Waals surface area contributed by atoms with Crippen LogP contribution in [0.1, 0.15) is 38.3 Å². The van der Waals surface area contributed by atoms with Gasteiger partial charge in [0.1, 0.15) is 5.75 Å². The highest BCUT2D eigenvalue weighted by Gasteiger charge is 2.36. The molecule has 0 aromatic heterocycles. The van der Waals surface area contributed by atoms with E-state index < -0.39 is 5.92 Å². The lowest BCUT2D eigenvalue weighted by Gasteiger charge is -2.21. The van der Waals surface area contributed by atoms with E-state index in [0.717, 1.165) is 5.56 Å². The molecule has 1 fully saturated rings. The second-order valence-electron chi connectivity index (χ2n) is 7.48. The number of anilines is 2. The third-order valence-electron chi connectivity index (χ3n) is 5.30. The molecule has 2 N–H and O–H groups in total. The SMILES string of the molecule is CCC(=O)Nc1ccc(C(C)NC(=O)C2CC(=O)N(c3cc(Cl)ccc3OC)C2)cc1. The van der Waals surface area contributed by atoms with Crippen molar-refractivity contribution in [3.8, 4) is 5.75 Å². The molecule has 7 nitrogen and oxygen atoms in total. The fourth-order valence-corrected chi connectivity index (χ4v) is 3.68. The molecule has 31 heavy (non-hydrogen) atoms. The van der Waals surface area contributed by atoms with E-state index >= 15 is 0 Å². The molecule has 0 bridgehead atoms. The first kappa shape index (κ1) is 22.6. The molecule has 1 heterocycles. The van der Waals surface area contributed by atoms with Gasteiger partial charge in [-0.15, -0.1) is 0 Å². The van der Waals surface area contributed by atoms with E-state index in [1.165, 1.54) is 7.11 Å². The van der Waals surface area contributed by atoms with E-state index in [4.69, 9.17) is 16.3 Å². The molecule has 1 aliphatic rings. The minimum Gasteiger partial charge on any atom is -0.495 e. The smallest absolute Gasteiger partial charge is 0.227 e. The number of hydrogen-bond donors (Lipinski definition) is 2. The van der Waals surface area contributed by atoms with Gasteiger partial charge in [0.05, 0.1) is 24.8 Å². The molecule has 1 saturated heterocycles. The van der Waals surface area contributed by atoms with Crippen LogP contribution in [0, 0.1) is 5.92 Å². The van der Waals surface area contributed by atoms with Crippen LogP contribution in [0.3, 0.4) is 0 Å². The lowest BCUT2D eigenvalue weighted by atomic mass is 10.0. The Kier molecular flexibility index (Phi) is 7.17. The molecule has 0 spiro atoms. The quantitative estimate of drug-likeness (QED) is 0.678. The Bertz CT molecular complexity index is 977. The summed E-state index contributed by atoms with van der Waals surface area (Å²) in [4.78, 5) is 38.4. The van der Waals surface area contributed by atoms with Gasteiger partial charge in [-0.05, 0) is 42.8 Å². The first-order chi connectivity index (χ1) is 14.8. The molecule has 2 aromatic rings. The minimum atomic E-state index is -0.471. The molecule has 0 saturated carbocycles. The average molecular weight is 444 g/mol. The van der Waals surface area contributed by atoms with Crippen LogP contribution in [0.2, 0.25) is 5.02 Å². The monoisotopic (exact) mass is 443 g/mol. The van der Waals surface area contributed by atoms with Crippen molar-refractivity contribution in [3.05, 3.63) is 53.1 Å². The van der Waals surface area contributed by atoms with Crippen LogP contribution in [0.4, 0.5) is 11.4 Å². The summed E-state index contributed by atoms with van der Waals surface area (Å²) in [6, 6.07) is 12.1. The van der Waals surface area contributed by atoms with Crippen molar-refractivity contribution in [2.24, 2.45) is 5.92 Å². The molecular weight excluding hydrogens is 418 g/mol. The molecule has 2 unspecified atom stereocenters. The van der Waals surface area contributed by atoms with E-state index in [1.54, 1.807) is 42.2 Å². The van der Waals surface area contributed by atoms with Crippen LogP contribution >= 0.6 is 11.6 Å². The highest BCUT2D eigenvalue weighted by atomic mass is 35.5. The van der Waals surface area contributed by atoms with Gasteiger partial charge in [-0.25, -0.2) is 0 Å². The highest BCUT2D eigenvalue weighted by molar-refractivity contribution is 6.31. The van der Waals surface area contributed by atoms with Crippen molar-refractivity contribution in [3.63, 3.8) is 0 Å². The molecule has 2 aromatic carbocycles. The van der Waals surface area contributed by atoms with E-state index in [-0.39, 0.29) is 36.7 Å². The summed E-state index contributed by atoms with van der Waals surface area (Å²) in [5.41, 5.74) is 2.18. The molecule has 164 valence electrons. The maximum Gasteiger partial charge on any atom is 0.227 e. The summed E-state index contributed by atoms with van der Waals surface area (Å²) in [6.45, 7) is 3.93. The van der Waals surface area contributed by atoms with Crippen molar-refractivity contribution in [2.45, 2.75) is 32.7 Å². The molecule has 0 aliphatic carbocycles. The van der Waals surface area contributed by atoms with Crippen LogP contribution in [0.15, 0.2) is 42.5 Å². The Balaban J connectivity index is 1.64. The minimum absolute atomic E-state index is 0.0547. The van der Waals surface area contributed by atoms with Crippen molar-refractivity contribution in [1.82, 2.24) is 5.32 Å². The summed E-state index contributed by atoms with van der Waals surface area (Å²) >= 11 is 6.09. The lowest BCUT2D eigenvalue weighted by Crippen LogP contribution is -2.34. The second kappa shape index (κ2) is 9.83. The molecule has 8 heteroatoms. The number of nitrogens with zero attached hydrogens (tertiary/aromatic N) is 1. The molecular formula is C23H26ClN3O4. The van der Waals surface area contributed by atoms with Gasteiger partial charge in [0.25, 0.3) is 0 Å². The zero-order valence-electron chi connectivity index (χ0n) is 17.8. The van der Waals surface area contributed by atoms with Gasteiger partial charge in [0.15, 0.2) is 0 Å². The zero-order valence-corrected chi connectivity index (χ0v) is 18.5. The number of hydrogen-bond acceptors (Lipinski definition) is 4. The highest BCUT2D eigenvalue weighted by Crippen LogP contribution is 2.35. The Morgan fingerprint density at radius 1 is 1.23 bits per heavy atom. The molecule has 3 rings (SSSR count). The Labute approximate surface area is 186 Å². The van der Waals surface area contributed by atoms with Crippen LogP contribution in [-0.2, 0) is 14.4 Å². The normalized spacial score (nSPS) is 16.7.